The Hall–Kier alpha value is -2.81. The summed E-state index contributed by atoms with van der Waals surface area (Å²) in [6, 6.07) is 8.52. The number of rotatable bonds is 5. The van der Waals surface area contributed by atoms with Gasteiger partial charge in [-0.3, -0.25) is 0 Å². The van der Waals surface area contributed by atoms with E-state index in [2.05, 4.69) is 33.4 Å². The number of aromatic nitrogens is 2. The second-order valence-electron chi connectivity index (χ2n) is 8.64. The molecule has 0 saturated carbocycles. The number of thiocarbonyl (C=S) groups is 1. The lowest BCUT2D eigenvalue weighted by molar-refractivity contribution is 0.174. The molecule has 0 radical (unpaired) electrons. The van der Waals surface area contributed by atoms with Crippen LogP contribution in [0.4, 0.5) is 17.6 Å². The van der Waals surface area contributed by atoms with Crippen LogP contribution >= 0.6 is 12.2 Å². The molecule has 9 heteroatoms. The van der Waals surface area contributed by atoms with E-state index in [1.165, 1.54) is 32.1 Å². The molecule has 1 aromatic heterocycles. The zero-order valence-corrected chi connectivity index (χ0v) is 19.3. The number of benzene rings is 1. The first-order valence-electron chi connectivity index (χ1n) is 11.5. The van der Waals surface area contributed by atoms with Gasteiger partial charge >= 0.3 is 0 Å². The number of ether oxygens (including phenoxy) is 2. The Morgan fingerprint density at radius 2 is 1.81 bits per heavy atom. The Balaban J connectivity index is 1.29. The normalized spacial score (nSPS) is 19.8. The summed E-state index contributed by atoms with van der Waals surface area (Å²) < 4.78 is 10.8. The molecule has 0 unspecified atom stereocenters. The van der Waals surface area contributed by atoms with Crippen LogP contribution in [-0.2, 0) is 6.54 Å². The van der Waals surface area contributed by atoms with E-state index in [4.69, 9.17) is 31.7 Å². The molecule has 170 valence electrons. The molecule has 2 N–H and O–H groups in total. The van der Waals surface area contributed by atoms with Crippen molar-refractivity contribution in [3.05, 3.63) is 29.8 Å². The smallest absolute Gasteiger partial charge is 0.232 e. The van der Waals surface area contributed by atoms with Gasteiger partial charge in [0.05, 0.1) is 0 Å². The van der Waals surface area contributed by atoms with Gasteiger partial charge in [-0.2, -0.15) is 9.97 Å². The largest absolute Gasteiger partial charge is 0.454 e. The third kappa shape index (κ3) is 4.67. The summed E-state index contributed by atoms with van der Waals surface area (Å²) in [4.78, 5) is 14.4. The van der Waals surface area contributed by atoms with Crippen molar-refractivity contribution in [2.24, 2.45) is 0 Å². The van der Waals surface area contributed by atoms with Crippen LogP contribution in [0.25, 0.3) is 0 Å². The first-order chi connectivity index (χ1) is 15.7. The number of nitrogens with one attached hydrogen (secondary N) is 2. The molecule has 0 amide bonds. The summed E-state index contributed by atoms with van der Waals surface area (Å²) >= 11 is 5.55. The minimum absolute atomic E-state index is 0.273. The highest BCUT2D eigenvalue weighted by Gasteiger charge is 2.23. The highest BCUT2D eigenvalue weighted by Crippen LogP contribution is 2.32. The fourth-order valence-corrected chi connectivity index (χ4v) is 4.71. The van der Waals surface area contributed by atoms with Crippen molar-refractivity contribution in [1.29, 1.82) is 0 Å². The summed E-state index contributed by atoms with van der Waals surface area (Å²) in [7, 11) is 0. The fraction of sp³-hybridized carbons (Fsp3) is 0.522. The molecule has 32 heavy (non-hydrogen) atoms. The standard InChI is InChI=1S/C23H30N6O2S/c1-16-6-2-3-11-29(16)21-13-20(28-9-4-5-10-28)25-22(26-21)27-23(32)24-14-17-7-8-18-19(12-17)31-15-30-18/h7-8,12-13,16H,2-6,9-11,14-15H2,1H3,(H2,24,25,26,27,32)/t16-/m0/s1. The summed E-state index contributed by atoms with van der Waals surface area (Å²) in [6.07, 6.45) is 6.09. The monoisotopic (exact) mass is 454 g/mol. The lowest BCUT2D eigenvalue weighted by atomic mass is 10.0. The molecule has 5 rings (SSSR count). The molecule has 2 saturated heterocycles. The van der Waals surface area contributed by atoms with Gasteiger partial charge in [-0.1, -0.05) is 6.07 Å². The molecule has 4 heterocycles. The third-order valence-corrected chi connectivity index (χ3v) is 6.59. The van der Waals surface area contributed by atoms with Gasteiger partial charge in [-0.25, -0.2) is 0 Å². The Morgan fingerprint density at radius 1 is 1.03 bits per heavy atom. The Labute approximate surface area is 194 Å². The van der Waals surface area contributed by atoms with Gasteiger partial charge in [0.15, 0.2) is 16.6 Å². The fourth-order valence-electron chi connectivity index (χ4n) is 4.55. The topological polar surface area (TPSA) is 74.8 Å². The molecule has 0 bridgehead atoms. The van der Waals surface area contributed by atoms with E-state index in [0.717, 1.165) is 48.3 Å². The van der Waals surface area contributed by atoms with E-state index >= 15 is 0 Å². The predicted molar refractivity (Wildman–Crippen MR) is 130 cm³/mol. The van der Waals surface area contributed by atoms with Crippen LogP contribution in [0, 0.1) is 0 Å². The first-order valence-corrected chi connectivity index (χ1v) is 11.9. The van der Waals surface area contributed by atoms with E-state index < -0.39 is 0 Å². The highest BCUT2D eigenvalue weighted by atomic mass is 32.1. The first kappa shape index (κ1) is 21.1. The van der Waals surface area contributed by atoms with Crippen molar-refractivity contribution in [2.75, 3.05) is 41.5 Å². The van der Waals surface area contributed by atoms with Crippen LogP contribution in [0.1, 0.15) is 44.6 Å². The molecule has 2 aromatic rings. The highest BCUT2D eigenvalue weighted by molar-refractivity contribution is 7.80. The molecule has 2 fully saturated rings. The number of fused-ring (bicyclic) bond motifs is 1. The van der Waals surface area contributed by atoms with Gasteiger partial charge in [0.25, 0.3) is 0 Å². The maximum absolute atomic E-state index is 5.55. The SMILES string of the molecule is C[C@H]1CCCCN1c1cc(N2CCCC2)nc(NC(=S)NCc2ccc3c(c2)OCO3)n1. The predicted octanol–water partition coefficient (Wildman–Crippen LogP) is 3.67. The minimum atomic E-state index is 0.273. The average molecular weight is 455 g/mol. The van der Waals surface area contributed by atoms with Crippen molar-refractivity contribution in [3.63, 3.8) is 0 Å². The molecular weight excluding hydrogens is 424 g/mol. The zero-order valence-electron chi connectivity index (χ0n) is 18.5. The quantitative estimate of drug-likeness (QED) is 0.658. The van der Waals surface area contributed by atoms with Crippen molar-refractivity contribution in [2.45, 2.75) is 51.6 Å². The van der Waals surface area contributed by atoms with E-state index in [1.807, 2.05) is 18.2 Å². The molecular formula is C23H30N6O2S. The lowest BCUT2D eigenvalue weighted by Crippen LogP contribution is -2.38. The molecule has 0 spiro atoms. The summed E-state index contributed by atoms with van der Waals surface area (Å²) in [5, 5.41) is 6.96. The summed E-state index contributed by atoms with van der Waals surface area (Å²) in [6.45, 7) is 6.24. The Morgan fingerprint density at radius 3 is 2.66 bits per heavy atom. The average Bonchev–Trinajstić information content (AvgIpc) is 3.49. The maximum Gasteiger partial charge on any atom is 0.232 e. The zero-order chi connectivity index (χ0) is 21.9. The van der Waals surface area contributed by atoms with Gasteiger partial charge < -0.3 is 29.9 Å². The van der Waals surface area contributed by atoms with Crippen LogP contribution in [0.15, 0.2) is 24.3 Å². The van der Waals surface area contributed by atoms with Gasteiger partial charge in [0, 0.05) is 38.3 Å². The van der Waals surface area contributed by atoms with Crippen LogP contribution in [-0.4, -0.2) is 47.5 Å². The number of piperidine rings is 1. The molecule has 3 aliphatic rings. The van der Waals surface area contributed by atoms with E-state index in [1.54, 1.807) is 0 Å². The van der Waals surface area contributed by atoms with Crippen molar-refractivity contribution < 1.29 is 9.47 Å². The minimum Gasteiger partial charge on any atom is -0.454 e. The van der Waals surface area contributed by atoms with Crippen LogP contribution in [0.3, 0.4) is 0 Å². The van der Waals surface area contributed by atoms with Gasteiger partial charge in [-0.15, -0.1) is 0 Å². The molecule has 3 aliphatic heterocycles. The van der Waals surface area contributed by atoms with Gasteiger partial charge in [-0.05, 0) is 68.9 Å². The van der Waals surface area contributed by atoms with E-state index in [-0.39, 0.29) is 6.79 Å². The van der Waals surface area contributed by atoms with Crippen molar-refractivity contribution >= 4 is 34.9 Å². The number of hydrogen-bond acceptors (Lipinski definition) is 7. The van der Waals surface area contributed by atoms with Crippen LogP contribution in [0.5, 0.6) is 11.5 Å². The van der Waals surface area contributed by atoms with E-state index in [9.17, 15) is 0 Å². The van der Waals surface area contributed by atoms with E-state index in [0.29, 0.717) is 23.6 Å². The Kier molecular flexibility index (Phi) is 6.16. The molecule has 1 atom stereocenters. The Bertz CT molecular complexity index is 981. The lowest BCUT2D eigenvalue weighted by Gasteiger charge is -2.35. The second-order valence-corrected chi connectivity index (χ2v) is 9.04. The third-order valence-electron chi connectivity index (χ3n) is 6.34. The number of anilines is 3. The number of hydrogen-bond donors (Lipinski definition) is 2. The van der Waals surface area contributed by atoms with Crippen molar-refractivity contribution in [1.82, 2.24) is 15.3 Å². The van der Waals surface area contributed by atoms with Crippen molar-refractivity contribution in [3.8, 4) is 11.5 Å². The van der Waals surface area contributed by atoms with Gasteiger partial charge in [0.1, 0.15) is 11.6 Å². The van der Waals surface area contributed by atoms with Crippen LogP contribution in [0.2, 0.25) is 0 Å². The number of nitrogens with zero attached hydrogens (tertiary/aromatic N) is 4. The summed E-state index contributed by atoms with van der Waals surface area (Å²) in [5.41, 5.74) is 1.06. The molecule has 1 aromatic carbocycles. The van der Waals surface area contributed by atoms with Gasteiger partial charge in [0.2, 0.25) is 12.7 Å². The molecule has 0 aliphatic carbocycles. The second kappa shape index (κ2) is 9.36. The summed E-state index contributed by atoms with van der Waals surface area (Å²) in [5.74, 6) is 4.05. The van der Waals surface area contributed by atoms with Crippen LogP contribution < -0.4 is 29.9 Å². The maximum atomic E-state index is 5.55. The molecule has 8 nitrogen and oxygen atoms in total.